The smallest absolute Gasteiger partial charge is 0.462 e. The van der Waals surface area contributed by atoms with E-state index in [4.69, 9.17) is 37.0 Å². The molecule has 19 heteroatoms. The van der Waals surface area contributed by atoms with Crippen molar-refractivity contribution < 1.29 is 80.2 Å². The van der Waals surface area contributed by atoms with E-state index in [-0.39, 0.29) is 25.7 Å². The molecule has 0 spiro atoms. The first kappa shape index (κ1) is 78.1. The summed E-state index contributed by atoms with van der Waals surface area (Å²) in [7, 11) is -9.87. The van der Waals surface area contributed by atoms with Crippen molar-refractivity contribution >= 4 is 39.5 Å². The molecule has 0 fully saturated rings. The van der Waals surface area contributed by atoms with E-state index in [1.165, 1.54) is 96.3 Å². The number of esters is 4. The van der Waals surface area contributed by atoms with Gasteiger partial charge in [0.2, 0.25) is 0 Å². The first-order valence-corrected chi connectivity index (χ1v) is 35.0. The summed E-state index contributed by atoms with van der Waals surface area (Å²) >= 11 is 0. The lowest BCUT2D eigenvalue weighted by molar-refractivity contribution is -0.161. The lowest BCUT2D eigenvalue weighted by Crippen LogP contribution is -2.30. The molecule has 2 unspecified atom stereocenters. The molecule has 474 valence electrons. The standard InChI is InChI=1S/C61H118O17P2/c1-7-9-11-13-15-16-17-18-19-20-21-22-24-33-39-45-60(65)77-56(50-72-59(64)44-38-32-27-25-29-35-41-53(3)4)51-75-79(67,68)73-47-55(62)48-74-80(69,70)76-52-57(49-71-58(63)43-37-31-23-14-12-10-8-2)78-61(66)46-40-34-28-26-30-36-42-54(5)6/h53-57,62H,7-52H2,1-6H3,(H,67,68)(H,69,70)/t55-,56-,57-/m1/s1. The van der Waals surface area contributed by atoms with Crippen LogP contribution < -0.4 is 0 Å². The maximum absolute atomic E-state index is 12.9. The third-order valence-electron chi connectivity index (χ3n) is 14.0. The largest absolute Gasteiger partial charge is 0.472 e. The Morgan fingerprint density at radius 3 is 0.850 bits per heavy atom. The molecule has 0 aromatic heterocycles. The Kier molecular flexibility index (Phi) is 52.5. The molecule has 0 bridgehead atoms. The van der Waals surface area contributed by atoms with Crippen LogP contribution in [0, 0.1) is 11.8 Å². The second-order valence-electron chi connectivity index (χ2n) is 23.0. The van der Waals surface area contributed by atoms with E-state index >= 15 is 0 Å². The second-order valence-corrected chi connectivity index (χ2v) is 25.9. The molecule has 0 heterocycles. The van der Waals surface area contributed by atoms with E-state index < -0.39 is 97.5 Å². The van der Waals surface area contributed by atoms with Gasteiger partial charge in [0.05, 0.1) is 26.4 Å². The highest BCUT2D eigenvalue weighted by atomic mass is 31.2. The monoisotopic (exact) mass is 1180 g/mol. The number of phosphoric ester groups is 2. The summed E-state index contributed by atoms with van der Waals surface area (Å²) in [6.45, 7) is 9.26. The van der Waals surface area contributed by atoms with Crippen LogP contribution in [-0.2, 0) is 65.4 Å². The van der Waals surface area contributed by atoms with Gasteiger partial charge in [-0.2, -0.15) is 0 Å². The van der Waals surface area contributed by atoms with E-state index in [0.29, 0.717) is 37.5 Å². The highest BCUT2D eigenvalue weighted by Gasteiger charge is 2.30. The molecule has 80 heavy (non-hydrogen) atoms. The number of carbonyl (C=O) groups is 4. The Morgan fingerprint density at radius 1 is 0.338 bits per heavy atom. The Hall–Kier alpha value is -1.94. The fourth-order valence-electron chi connectivity index (χ4n) is 9.00. The molecule has 0 amide bonds. The van der Waals surface area contributed by atoms with Crippen LogP contribution in [0.3, 0.4) is 0 Å². The number of hydrogen-bond donors (Lipinski definition) is 3. The Labute approximate surface area is 486 Å². The van der Waals surface area contributed by atoms with Crippen LogP contribution in [0.5, 0.6) is 0 Å². The van der Waals surface area contributed by atoms with Crippen LogP contribution in [0.2, 0.25) is 0 Å². The van der Waals surface area contributed by atoms with Crippen LogP contribution in [0.25, 0.3) is 0 Å². The Bertz CT molecular complexity index is 1580. The van der Waals surface area contributed by atoms with Crippen molar-refractivity contribution in [3.05, 3.63) is 0 Å². The zero-order valence-electron chi connectivity index (χ0n) is 51.4. The van der Waals surface area contributed by atoms with Crippen molar-refractivity contribution in [3.63, 3.8) is 0 Å². The van der Waals surface area contributed by atoms with E-state index in [0.717, 1.165) is 109 Å². The van der Waals surface area contributed by atoms with Gasteiger partial charge in [0.1, 0.15) is 19.3 Å². The summed E-state index contributed by atoms with van der Waals surface area (Å²) in [5.74, 6) is -0.798. The molecular formula is C61H118O17P2. The fourth-order valence-corrected chi connectivity index (χ4v) is 10.6. The Morgan fingerprint density at radius 2 is 0.575 bits per heavy atom. The summed E-state index contributed by atoms with van der Waals surface area (Å²) in [4.78, 5) is 71.9. The molecule has 0 saturated heterocycles. The average molecular weight is 1190 g/mol. The maximum atomic E-state index is 12.9. The van der Waals surface area contributed by atoms with Crippen molar-refractivity contribution in [3.8, 4) is 0 Å². The Balaban J connectivity index is 5.19. The van der Waals surface area contributed by atoms with Crippen LogP contribution in [0.4, 0.5) is 0 Å². The van der Waals surface area contributed by atoms with E-state index in [2.05, 4.69) is 41.5 Å². The van der Waals surface area contributed by atoms with Gasteiger partial charge < -0.3 is 33.8 Å². The summed E-state index contributed by atoms with van der Waals surface area (Å²) in [5, 5.41) is 10.5. The quantitative estimate of drug-likeness (QED) is 0.0222. The van der Waals surface area contributed by atoms with Crippen LogP contribution in [0.1, 0.15) is 298 Å². The van der Waals surface area contributed by atoms with Crippen molar-refractivity contribution in [1.82, 2.24) is 0 Å². The summed E-state index contributed by atoms with van der Waals surface area (Å²) < 4.78 is 67.7. The second kappa shape index (κ2) is 53.8. The van der Waals surface area contributed by atoms with Crippen molar-refractivity contribution in [2.45, 2.75) is 317 Å². The van der Waals surface area contributed by atoms with Crippen LogP contribution in [-0.4, -0.2) is 96.7 Å². The minimum Gasteiger partial charge on any atom is -0.462 e. The summed E-state index contributed by atoms with van der Waals surface area (Å²) in [6, 6.07) is 0. The van der Waals surface area contributed by atoms with Gasteiger partial charge in [-0.05, 0) is 37.5 Å². The van der Waals surface area contributed by atoms with Gasteiger partial charge >= 0.3 is 39.5 Å². The number of aliphatic hydroxyl groups excluding tert-OH is 1. The normalized spacial score (nSPS) is 14.4. The number of aliphatic hydroxyl groups is 1. The van der Waals surface area contributed by atoms with Gasteiger partial charge in [-0.3, -0.25) is 37.3 Å². The number of carbonyl (C=O) groups excluding carboxylic acids is 4. The first-order chi connectivity index (χ1) is 38.4. The predicted molar refractivity (Wildman–Crippen MR) is 317 cm³/mol. The van der Waals surface area contributed by atoms with Gasteiger partial charge in [-0.1, -0.05) is 247 Å². The third-order valence-corrected chi connectivity index (χ3v) is 15.9. The van der Waals surface area contributed by atoms with E-state index in [1.54, 1.807) is 0 Å². The molecule has 0 saturated carbocycles. The average Bonchev–Trinajstić information content (AvgIpc) is 3.41. The molecule has 5 atom stereocenters. The number of hydrogen-bond acceptors (Lipinski definition) is 15. The van der Waals surface area contributed by atoms with Gasteiger partial charge in [-0.25, -0.2) is 9.13 Å². The molecule has 0 aliphatic carbocycles. The maximum Gasteiger partial charge on any atom is 0.472 e. The SMILES string of the molecule is CCCCCCCCCCCCCCCCCC(=O)O[C@H](COC(=O)CCCCCCCCC(C)C)COP(=O)(O)OC[C@@H](O)COP(=O)(O)OC[C@@H](COC(=O)CCCCCCCCC)OC(=O)CCCCCCCCC(C)C. The lowest BCUT2D eigenvalue weighted by Gasteiger charge is -2.21. The van der Waals surface area contributed by atoms with Crippen molar-refractivity contribution in [2.75, 3.05) is 39.6 Å². The van der Waals surface area contributed by atoms with Crippen LogP contribution >= 0.6 is 15.6 Å². The molecule has 0 radical (unpaired) electrons. The minimum atomic E-state index is -4.94. The molecule has 0 aromatic rings. The topological polar surface area (TPSA) is 237 Å². The van der Waals surface area contributed by atoms with E-state index in [9.17, 15) is 43.2 Å². The van der Waals surface area contributed by atoms with Crippen molar-refractivity contribution in [2.24, 2.45) is 11.8 Å². The number of rotatable bonds is 60. The van der Waals surface area contributed by atoms with Gasteiger partial charge in [0, 0.05) is 25.7 Å². The third kappa shape index (κ3) is 55.3. The summed E-state index contributed by atoms with van der Waals surface area (Å²) in [5.41, 5.74) is 0. The number of phosphoric acid groups is 2. The molecule has 3 N–H and O–H groups in total. The predicted octanol–water partition coefficient (Wildman–Crippen LogP) is 16.5. The highest BCUT2D eigenvalue weighted by Crippen LogP contribution is 2.45. The molecule has 0 aromatic carbocycles. The van der Waals surface area contributed by atoms with Crippen molar-refractivity contribution in [1.29, 1.82) is 0 Å². The molecular weight excluding hydrogens is 1070 g/mol. The fraction of sp³-hybridized carbons (Fsp3) is 0.934. The van der Waals surface area contributed by atoms with Crippen LogP contribution in [0.15, 0.2) is 0 Å². The molecule has 0 rings (SSSR count). The zero-order valence-corrected chi connectivity index (χ0v) is 53.2. The number of ether oxygens (including phenoxy) is 4. The molecule has 0 aliphatic rings. The van der Waals surface area contributed by atoms with Gasteiger partial charge in [0.15, 0.2) is 12.2 Å². The van der Waals surface area contributed by atoms with E-state index in [1.807, 2.05) is 0 Å². The molecule has 0 aliphatic heterocycles. The highest BCUT2D eigenvalue weighted by molar-refractivity contribution is 7.47. The summed E-state index contributed by atoms with van der Waals surface area (Å²) in [6.07, 6.45) is 35.3. The molecule has 17 nitrogen and oxygen atoms in total. The first-order valence-electron chi connectivity index (χ1n) is 32.0. The van der Waals surface area contributed by atoms with Gasteiger partial charge in [-0.15, -0.1) is 0 Å². The van der Waals surface area contributed by atoms with Gasteiger partial charge in [0.25, 0.3) is 0 Å². The zero-order chi connectivity index (χ0) is 59.4. The minimum absolute atomic E-state index is 0.101. The number of unbranched alkanes of at least 4 members (excludes halogenated alkanes) is 30. The lowest BCUT2D eigenvalue weighted by atomic mass is 10.0.